The lowest BCUT2D eigenvalue weighted by molar-refractivity contribution is -0.142. The lowest BCUT2D eigenvalue weighted by Crippen LogP contribution is -2.43. The minimum absolute atomic E-state index is 0.0737. The highest BCUT2D eigenvalue weighted by molar-refractivity contribution is 5.81. The van der Waals surface area contributed by atoms with Gasteiger partial charge in [0.2, 0.25) is 5.91 Å². The third-order valence-electron chi connectivity index (χ3n) is 2.42. The number of methoxy groups -OCH3 is 1. The first-order valence-corrected chi connectivity index (χ1v) is 5.65. The molecule has 0 fully saturated rings. The van der Waals surface area contributed by atoms with E-state index < -0.39 is 18.0 Å². The molecule has 2 unspecified atom stereocenters. The predicted octanol–water partition coefficient (Wildman–Crippen LogP) is -0.177. The largest absolute Gasteiger partial charge is 0.481 e. The fourth-order valence-corrected chi connectivity index (χ4v) is 1.49. The number of nitrogens with one attached hydrogen (secondary N) is 1. The normalized spacial score (nSPS) is 14.4. The lowest BCUT2D eigenvalue weighted by Gasteiger charge is -2.17. The summed E-state index contributed by atoms with van der Waals surface area (Å²) in [7, 11) is 1.39. The minimum atomic E-state index is -0.902. The number of carbonyl (C=O) groups is 2. The molecule has 0 radical (unpaired) electrons. The molecule has 0 aromatic carbocycles. The number of nitrogens with two attached hydrogens (primary N) is 1. The third kappa shape index (κ3) is 6.23. The van der Waals surface area contributed by atoms with Crippen LogP contribution in [0.3, 0.4) is 0 Å². The van der Waals surface area contributed by atoms with Crippen LogP contribution in [0, 0.1) is 11.8 Å². The van der Waals surface area contributed by atoms with Crippen molar-refractivity contribution in [3.8, 4) is 0 Å². The molecule has 2 atom stereocenters. The van der Waals surface area contributed by atoms with Crippen LogP contribution in [0.4, 0.5) is 0 Å². The Bertz CT molecular complexity index is 252. The minimum Gasteiger partial charge on any atom is -0.481 e. The van der Waals surface area contributed by atoms with Gasteiger partial charge in [-0.25, -0.2) is 0 Å². The molecule has 6 nitrogen and oxygen atoms in total. The second-order valence-corrected chi connectivity index (χ2v) is 4.37. The van der Waals surface area contributed by atoms with Gasteiger partial charge in [-0.3, -0.25) is 9.59 Å². The van der Waals surface area contributed by atoms with Crippen LogP contribution >= 0.6 is 0 Å². The number of hydrogen-bond acceptors (Lipinski definition) is 4. The van der Waals surface area contributed by atoms with Crippen molar-refractivity contribution >= 4 is 11.9 Å². The fourth-order valence-electron chi connectivity index (χ4n) is 1.49. The van der Waals surface area contributed by atoms with Crippen molar-refractivity contribution in [2.45, 2.75) is 26.4 Å². The quantitative estimate of drug-likeness (QED) is 0.551. The van der Waals surface area contributed by atoms with Crippen molar-refractivity contribution in [3.63, 3.8) is 0 Å². The van der Waals surface area contributed by atoms with E-state index >= 15 is 0 Å². The molecule has 17 heavy (non-hydrogen) atoms. The van der Waals surface area contributed by atoms with E-state index in [9.17, 15) is 9.59 Å². The molecule has 0 saturated carbocycles. The van der Waals surface area contributed by atoms with Gasteiger partial charge < -0.3 is 20.9 Å². The van der Waals surface area contributed by atoms with Crippen LogP contribution in [-0.4, -0.2) is 43.3 Å². The van der Waals surface area contributed by atoms with Gasteiger partial charge in [0.25, 0.3) is 0 Å². The Morgan fingerprint density at radius 3 is 2.35 bits per heavy atom. The molecule has 0 aliphatic rings. The Balaban J connectivity index is 4.21. The number of carboxylic acids is 1. The van der Waals surface area contributed by atoms with E-state index in [-0.39, 0.29) is 24.9 Å². The summed E-state index contributed by atoms with van der Waals surface area (Å²) in [4.78, 5) is 22.5. The van der Waals surface area contributed by atoms with Gasteiger partial charge in [-0.15, -0.1) is 0 Å². The molecule has 100 valence electrons. The number of carboxylic acid groups (broad SMARTS) is 1. The van der Waals surface area contributed by atoms with Gasteiger partial charge in [-0.2, -0.15) is 0 Å². The number of aliphatic carboxylic acids is 1. The van der Waals surface area contributed by atoms with Crippen LogP contribution in [-0.2, 0) is 14.3 Å². The van der Waals surface area contributed by atoms with Crippen molar-refractivity contribution in [1.82, 2.24) is 5.32 Å². The van der Waals surface area contributed by atoms with Crippen molar-refractivity contribution in [3.05, 3.63) is 0 Å². The van der Waals surface area contributed by atoms with Gasteiger partial charge in [-0.05, 0) is 12.3 Å². The molecule has 0 saturated heterocycles. The molecule has 6 heteroatoms. The Hall–Kier alpha value is -1.14. The van der Waals surface area contributed by atoms with Gasteiger partial charge in [0.1, 0.15) is 6.10 Å². The molecule has 0 aliphatic carbocycles. The Morgan fingerprint density at radius 2 is 2.00 bits per heavy atom. The summed E-state index contributed by atoms with van der Waals surface area (Å²) >= 11 is 0. The number of rotatable bonds is 8. The maximum Gasteiger partial charge on any atom is 0.308 e. The summed E-state index contributed by atoms with van der Waals surface area (Å²) in [5, 5.41) is 11.5. The lowest BCUT2D eigenvalue weighted by atomic mass is 9.97. The molecule has 0 bridgehead atoms. The molecule has 0 aliphatic heterocycles. The summed E-state index contributed by atoms with van der Waals surface area (Å²) in [5.41, 5.74) is 5.33. The van der Waals surface area contributed by atoms with E-state index in [1.165, 1.54) is 7.11 Å². The van der Waals surface area contributed by atoms with Crippen LogP contribution in [0.1, 0.15) is 20.3 Å². The van der Waals surface area contributed by atoms with E-state index in [0.29, 0.717) is 6.42 Å². The molecule has 0 rings (SSSR count). The molecule has 1 amide bonds. The Morgan fingerprint density at radius 1 is 1.41 bits per heavy atom. The SMILES string of the molecule is COC(CN)C(=O)NCC(CC(C)C)C(=O)O. The van der Waals surface area contributed by atoms with Gasteiger partial charge in [0.15, 0.2) is 0 Å². The molecule has 4 N–H and O–H groups in total. The zero-order valence-electron chi connectivity index (χ0n) is 10.6. The van der Waals surface area contributed by atoms with Crippen molar-refractivity contribution in [2.75, 3.05) is 20.2 Å². The zero-order chi connectivity index (χ0) is 13.4. The van der Waals surface area contributed by atoms with Crippen LogP contribution in [0.5, 0.6) is 0 Å². The van der Waals surface area contributed by atoms with Gasteiger partial charge in [-0.1, -0.05) is 13.8 Å². The highest BCUT2D eigenvalue weighted by Crippen LogP contribution is 2.11. The molecule has 0 aromatic heterocycles. The maximum absolute atomic E-state index is 11.5. The topological polar surface area (TPSA) is 102 Å². The van der Waals surface area contributed by atoms with E-state index in [1.807, 2.05) is 13.8 Å². The highest BCUT2D eigenvalue weighted by Gasteiger charge is 2.22. The average Bonchev–Trinajstić information content (AvgIpc) is 2.25. The molecular formula is C11H22N2O4. The third-order valence-corrected chi connectivity index (χ3v) is 2.42. The molecule has 0 spiro atoms. The van der Waals surface area contributed by atoms with Crippen LogP contribution in [0.25, 0.3) is 0 Å². The van der Waals surface area contributed by atoms with Gasteiger partial charge >= 0.3 is 5.97 Å². The summed E-state index contributed by atoms with van der Waals surface area (Å²) < 4.78 is 4.85. The smallest absolute Gasteiger partial charge is 0.308 e. The van der Waals surface area contributed by atoms with E-state index in [0.717, 1.165) is 0 Å². The first-order valence-electron chi connectivity index (χ1n) is 5.65. The second-order valence-electron chi connectivity index (χ2n) is 4.37. The first-order chi connectivity index (χ1) is 7.92. The van der Waals surface area contributed by atoms with E-state index in [1.54, 1.807) is 0 Å². The Labute approximate surface area is 102 Å². The van der Waals surface area contributed by atoms with Crippen molar-refractivity contribution in [1.29, 1.82) is 0 Å². The standard InChI is InChI=1S/C11H22N2O4/c1-7(2)4-8(11(15)16)6-13-10(14)9(5-12)17-3/h7-9H,4-6,12H2,1-3H3,(H,13,14)(H,15,16). The van der Waals surface area contributed by atoms with Crippen molar-refractivity contribution in [2.24, 2.45) is 17.6 Å². The number of carbonyl (C=O) groups excluding carboxylic acids is 1. The number of amides is 1. The van der Waals surface area contributed by atoms with Gasteiger partial charge in [0, 0.05) is 20.2 Å². The maximum atomic E-state index is 11.5. The van der Waals surface area contributed by atoms with E-state index in [2.05, 4.69) is 5.32 Å². The second kappa shape index (κ2) is 8.03. The predicted molar refractivity (Wildman–Crippen MR) is 63.4 cm³/mol. The summed E-state index contributed by atoms with van der Waals surface area (Å²) in [6.07, 6.45) is -0.195. The summed E-state index contributed by atoms with van der Waals surface area (Å²) in [5.74, 6) is -1.58. The zero-order valence-corrected chi connectivity index (χ0v) is 10.6. The highest BCUT2D eigenvalue weighted by atomic mass is 16.5. The van der Waals surface area contributed by atoms with Crippen LogP contribution in [0.15, 0.2) is 0 Å². The molecule has 0 heterocycles. The van der Waals surface area contributed by atoms with Crippen LogP contribution < -0.4 is 11.1 Å². The first kappa shape index (κ1) is 15.9. The average molecular weight is 246 g/mol. The van der Waals surface area contributed by atoms with Crippen molar-refractivity contribution < 1.29 is 19.4 Å². The molecule has 0 aromatic rings. The molecular weight excluding hydrogens is 224 g/mol. The Kier molecular flexibility index (Phi) is 7.49. The van der Waals surface area contributed by atoms with E-state index in [4.69, 9.17) is 15.6 Å². The number of ether oxygens (including phenoxy) is 1. The monoisotopic (exact) mass is 246 g/mol. The van der Waals surface area contributed by atoms with Crippen LogP contribution in [0.2, 0.25) is 0 Å². The number of hydrogen-bond donors (Lipinski definition) is 3. The summed E-state index contributed by atoms with van der Waals surface area (Å²) in [6.45, 7) is 4.06. The fraction of sp³-hybridized carbons (Fsp3) is 0.818. The van der Waals surface area contributed by atoms with Gasteiger partial charge in [0.05, 0.1) is 5.92 Å². The summed E-state index contributed by atoms with van der Waals surface area (Å²) in [6, 6.07) is 0.